The maximum atomic E-state index is 12.8. The van der Waals surface area contributed by atoms with Gasteiger partial charge in [-0.15, -0.1) is 16.8 Å². The van der Waals surface area contributed by atoms with Gasteiger partial charge in [0.05, 0.1) is 21.6 Å². The summed E-state index contributed by atoms with van der Waals surface area (Å²) in [5.41, 5.74) is 0.364. The molecule has 4 aromatic rings. The number of para-hydroxylation sites is 1. The van der Waals surface area contributed by atoms with Crippen molar-refractivity contribution in [2.24, 2.45) is 0 Å². The molecule has 0 unspecified atom stereocenters. The summed E-state index contributed by atoms with van der Waals surface area (Å²) in [6.45, 7) is 3.94. The van der Waals surface area contributed by atoms with E-state index in [1.54, 1.807) is 34.7 Å². The first kappa shape index (κ1) is 21.5. The molecule has 10 nitrogen and oxygen atoms in total. The molecule has 0 radical (unpaired) electrons. The van der Waals surface area contributed by atoms with Crippen LogP contribution in [0, 0.1) is 10.1 Å². The molecular weight excluding hydrogens is 456 g/mol. The van der Waals surface area contributed by atoms with Gasteiger partial charge in [0.15, 0.2) is 5.16 Å². The number of rotatable bonds is 7. The molecular formula is C20H15ClN6O4S. The van der Waals surface area contributed by atoms with Crippen LogP contribution in [0.4, 0.5) is 11.4 Å². The first-order valence-electron chi connectivity index (χ1n) is 9.25. The minimum absolute atomic E-state index is 0.0187. The van der Waals surface area contributed by atoms with Gasteiger partial charge in [0.25, 0.3) is 11.2 Å². The van der Waals surface area contributed by atoms with E-state index in [0.29, 0.717) is 21.8 Å². The molecule has 2 heterocycles. The second-order valence-corrected chi connectivity index (χ2v) is 7.95. The van der Waals surface area contributed by atoms with Crippen LogP contribution >= 0.6 is 23.4 Å². The molecule has 162 valence electrons. The van der Waals surface area contributed by atoms with Crippen molar-refractivity contribution in [3.63, 3.8) is 0 Å². The van der Waals surface area contributed by atoms with Crippen LogP contribution in [-0.4, -0.2) is 35.7 Å². The van der Waals surface area contributed by atoms with Gasteiger partial charge < -0.3 is 5.32 Å². The summed E-state index contributed by atoms with van der Waals surface area (Å²) in [5.74, 6) is -0.0940. The van der Waals surface area contributed by atoms with Gasteiger partial charge in [0, 0.05) is 18.3 Å². The fourth-order valence-electron chi connectivity index (χ4n) is 3.18. The van der Waals surface area contributed by atoms with Gasteiger partial charge in [-0.25, -0.2) is 0 Å². The van der Waals surface area contributed by atoms with Crippen molar-refractivity contribution in [3.05, 3.63) is 80.6 Å². The Balaban J connectivity index is 1.62. The second kappa shape index (κ2) is 8.81. The molecule has 1 N–H and O–H groups in total. The highest BCUT2D eigenvalue weighted by atomic mass is 35.5. The summed E-state index contributed by atoms with van der Waals surface area (Å²) < 4.78 is 3.17. The maximum absolute atomic E-state index is 12.8. The van der Waals surface area contributed by atoms with Gasteiger partial charge in [0.1, 0.15) is 5.02 Å². The second-order valence-electron chi connectivity index (χ2n) is 6.60. The van der Waals surface area contributed by atoms with Crippen LogP contribution in [0.3, 0.4) is 0 Å². The number of nitro groups is 1. The number of aromatic nitrogens is 4. The van der Waals surface area contributed by atoms with E-state index >= 15 is 0 Å². The third-order valence-corrected chi connectivity index (χ3v) is 5.80. The van der Waals surface area contributed by atoms with Gasteiger partial charge in [-0.3, -0.25) is 28.7 Å². The lowest BCUT2D eigenvalue weighted by atomic mass is 10.2. The Morgan fingerprint density at radius 2 is 2.06 bits per heavy atom. The van der Waals surface area contributed by atoms with Gasteiger partial charge in [-0.2, -0.15) is 0 Å². The van der Waals surface area contributed by atoms with Crippen molar-refractivity contribution in [2.45, 2.75) is 11.7 Å². The third kappa shape index (κ3) is 3.95. The quantitative estimate of drug-likeness (QED) is 0.189. The molecule has 0 aliphatic heterocycles. The molecule has 0 aliphatic carbocycles. The molecule has 0 spiro atoms. The molecule has 0 fully saturated rings. The zero-order valence-corrected chi connectivity index (χ0v) is 18.0. The van der Waals surface area contributed by atoms with Crippen molar-refractivity contribution in [1.29, 1.82) is 0 Å². The minimum Gasteiger partial charge on any atom is -0.325 e. The SMILES string of the molecule is C=CCn1c(=O)c2ccccc2n2c(SCC(=O)Nc3ccc(Cl)c([N+](=O)[O-])c3)nnc12. The van der Waals surface area contributed by atoms with E-state index in [-0.39, 0.29) is 34.3 Å². The zero-order chi connectivity index (χ0) is 22.8. The van der Waals surface area contributed by atoms with Crippen LogP contribution in [0.15, 0.2) is 65.1 Å². The number of allylic oxidation sites excluding steroid dienone is 1. The Morgan fingerprint density at radius 3 is 2.81 bits per heavy atom. The Morgan fingerprint density at radius 1 is 1.28 bits per heavy atom. The van der Waals surface area contributed by atoms with Gasteiger partial charge in [-0.05, 0) is 24.3 Å². The number of hydrogen-bond donors (Lipinski definition) is 1. The number of nitro benzene ring substituents is 1. The number of nitrogens with zero attached hydrogens (tertiary/aromatic N) is 5. The van der Waals surface area contributed by atoms with E-state index in [1.165, 1.54) is 22.8 Å². The summed E-state index contributed by atoms with van der Waals surface area (Å²) in [6.07, 6.45) is 1.59. The zero-order valence-electron chi connectivity index (χ0n) is 16.4. The molecule has 0 saturated heterocycles. The number of amides is 1. The monoisotopic (exact) mass is 470 g/mol. The van der Waals surface area contributed by atoms with Crippen LogP contribution in [0.25, 0.3) is 16.7 Å². The molecule has 0 atom stereocenters. The average molecular weight is 471 g/mol. The Labute approximate surface area is 189 Å². The Bertz CT molecular complexity index is 1450. The lowest BCUT2D eigenvalue weighted by molar-refractivity contribution is -0.384. The number of halogens is 1. The highest BCUT2D eigenvalue weighted by Crippen LogP contribution is 2.28. The van der Waals surface area contributed by atoms with Crippen LogP contribution in [0.1, 0.15) is 0 Å². The number of anilines is 1. The summed E-state index contributed by atoms with van der Waals surface area (Å²) in [5, 5.41) is 22.8. The first-order valence-corrected chi connectivity index (χ1v) is 10.6. The average Bonchev–Trinajstić information content (AvgIpc) is 3.20. The molecule has 0 saturated carbocycles. The number of benzene rings is 2. The van der Waals surface area contributed by atoms with Crippen molar-refractivity contribution in [1.82, 2.24) is 19.2 Å². The largest absolute Gasteiger partial charge is 0.325 e. The lowest BCUT2D eigenvalue weighted by Gasteiger charge is -2.09. The summed E-state index contributed by atoms with van der Waals surface area (Å²) in [4.78, 5) is 35.7. The van der Waals surface area contributed by atoms with Crippen LogP contribution in [0.2, 0.25) is 5.02 Å². The van der Waals surface area contributed by atoms with E-state index in [2.05, 4.69) is 22.1 Å². The van der Waals surface area contributed by atoms with Crippen molar-refractivity contribution in [3.8, 4) is 0 Å². The van der Waals surface area contributed by atoms with Crippen LogP contribution < -0.4 is 10.9 Å². The summed E-state index contributed by atoms with van der Waals surface area (Å²) in [6, 6.07) is 11.1. The first-order chi connectivity index (χ1) is 15.4. The molecule has 2 aromatic carbocycles. The fraction of sp³-hybridized carbons (Fsp3) is 0.100. The number of carbonyl (C=O) groups excluding carboxylic acids is 1. The van der Waals surface area contributed by atoms with E-state index < -0.39 is 10.8 Å². The molecule has 2 aromatic heterocycles. The molecule has 32 heavy (non-hydrogen) atoms. The van der Waals surface area contributed by atoms with Crippen LogP contribution in [-0.2, 0) is 11.3 Å². The fourth-order valence-corrected chi connectivity index (χ4v) is 4.10. The highest BCUT2D eigenvalue weighted by Gasteiger charge is 2.18. The third-order valence-electron chi connectivity index (χ3n) is 4.55. The molecule has 0 bridgehead atoms. The molecule has 12 heteroatoms. The molecule has 1 amide bonds. The van der Waals surface area contributed by atoms with Crippen LogP contribution in [0.5, 0.6) is 0 Å². The number of thioether (sulfide) groups is 1. The normalized spacial score (nSPS) is 11.0. The van der Waals surface area contributed by atoms with Gasteiger partial charge in [0.2, 0.25) is 11.7 Å². The number of fused-ring (bicyclic) bond motifs is 3. The highest BCUT2D eigenvalue weighted by molar-refractivity contribution is 7.99. The maximum Gasteiger partial charge on any atom is 0.289 e. The standard InChI is InChI=1S/C20H15ClN6O4S/c1-2-9-25-18(29)13-5-3-4-6-15(13)26-19(25)23-24-20(26)32-11-17(28)22-12-7-8-14(21)16(10-12)27(30)31/h2-8,10H,1,9,11H2,(H,22,28). The van der Waals surface area contributed by atoms with E-state index in [4.69, 9.17) is 11.6 Å². The number of nitrogens with one attached hydrogen (secondary N) is 1. The summed E-state index contributed by atoms with van der Waals surface area (Å²) >= 11 is 6.92. The molecule has 0 aliphatic rings. The minimum atomic E-state index is -0.622. The van der Waals surface area contributed by atoms with E-state index in [1.807, 2.05) is 0 Å². The lowest BCUT2D eigenvalue weighted by Crippen LogP contribution is -2.22. The summed E-state index contributed by atoms with van der Waals surface area (Å²) in [7, 11) is 0. The van der Waals surface area contributed by atoms with Crippen molar-refractivity contribution in [2.75, 3.05) is 11.1 Å². The Hall–Kier alpha value is -3.70. The van der Waals surface area contributed by atoms with Gasteiger partial charge in [-0.1, -0.05) is 41.6 Å². The van der Waals surface area contributed by atoms with E-state index in [9.17, 15) is 19.7 Å². The van der Waals surface area contributed by atoms with Crippen molar-refractivity contribution < 1.29 is 9.72 Å². The number of hydrogen-bond acceptors (Lipinski definition) is 7. The Kier molecular flexibility index (Phi) is 5.93. The predicted molar refractivity (Wildman–Crippen MR) is 122 cm³/mol. The van der Waals surface area contributed by atoms with Crippen molar-refractivity contribution >= 4 is 57.3 Å². The smallest absolute Gasteiger partial charge is 0.289 e. The topological polar surface area (TPSA) is 124 Å². The molecule has 4 rings (SSSR count). The predicted octanol–water partition coefficient (Wildman–Crippen LogP) is 3.52. The van der Waals surface area contributed by atoms with Gasteiger partial charge >= 0.3 is 0 Å². The van der Waals surface area contributed by atoms with E-state index in [0.717, 1.165) is 11.8 Å². The number of carbonyl (C=O) groups is 1.